The molecule has 3 heteroatoms. The van der Waals surface area contributed by atoms with Crippen molar-refractivity contribution in [3.05, 3.63) is 69.2 Å². The summed E-state index contributed by atoms with van der Waals surface area (Å²) >= 11 is 11.9. The zero-order valence-electron chi connectivity index (χ0n) is 11.7. The van der Waals surface area contributed by atoms with Gasteiger partial charge in [0, 0.05) is 6.04 Å². The third-order valence-electron chi connectivity index (χ3n) is 3.47. The second-order valence-electron chi connectivity index (χ2n) is 5.38. The van der Waals surface area contributed by atoms with Gasteiger partial charge in [0.25, 0.3) is 0 Å². The molecule has 2 aromatic carbocycles. The van der Waals surface area contributed by atoms with E-state index in [1.165, 1.54) is 11.1 Å². The number of benzene rings is 2. The van der Waals surface area contributed by atoms with E-state index < -0.39 is 0 Å². The van der Waals surface area contributed by atoms with Crippen molar-refractivity contribution in [3.8, 4) is 0 Å². The Morgan fingerprint density at radius 2 is 1.50 bits per heavy atom. The molecule has 20 heavy (non-hydrogen) atoms. The lowest BCUT2D eigenvalue weighted by Gasteiger charge is -2.14. The van der Waals surface area contributed by atoms with Gasteiger partial charge in [0.15, 0.2) is 0 Å². The molecule has 1 atom stereocenters. The van der Waals surface area contributed by atoms with E-state index in [2.05, 4.69) is 38.1 Å². The van der Waals surface area contributed by atoms with E-state index in [0.717, 1.165) is 12.0 Å². The first-order valence-electron chi connectivity index (χ1n) is 6.76. The third-order valence-corrected chi connectivity index (χ3v) is 4.21. The van der Waals surface area contributed by atoms with Crippen LogP contribution in [0, 0.1) is 0 Å². The topological polar surface area (TPSA) is 26.0 Å². The van der Waals surface area contributed by atoms with Crippen molar-refractivity contribution in [2.75, 3.05) is 0 Å². The van der Waals surface area contributed by atoms with Crippen LogP contribution in [0.3, 0.4) is 0 Å². The van der Waals surface area contributed by atoms with Gasteiger partial charge < -0.3 is 5.73 Å². The van der Waals surface area contributed by atoms with Crippen molar-refractivity contribution in [3.63, 3.8) is 0 Å². The van der Waals surface area contributed by atoms with Crippen LogP contribution in [0.15, 0.2) is 42.5 Å². The molecule has 0 aromatic heterocycles. The Labute approximate surface area is 130 Å². The van der Waals surface area contributed by atoms with Crippen LogP contribution < -0.4 is 5.73 Å². The molecule has 0 spiro atoms. The number of nitrogens with two attached hydrogens (primary N) is 1. The summed E-state index contributed by atoms with van der Waals surface area (Å²) < 4.78 is 0. The van der Waals surface area contributed by atoms with Gasteiger partial charge in [-0.1, -0.05) is 67.4 Å². The van der Waals surface area contributed by atoms with Crippen LogP contribution in [0.1, 0.15) is 42.5 Å². The Balaban J connectivity index is 2.10. The Morgan fingerprint density at radius 1 is 0.900 bits per heavy atom. The van der Waals surface area contributed by atoms with Crippen LogP contribution in [0.25, 0.3) is 0 Å². The van der Waals surface area contributed by atoms with Crippen molar-refractivity contribution in [2.45, 2.75) is 32.2 Å². The normalized spacial score (nSPS) is 12.7. The van der Waals surface area contributed by atoms with Crippen LogP contribution >= 0.6 is 23.2 Å². The Bertz CT molecular complexity index is 576. The van der Waals surface area contributed by atoms with E-state index in [9.17, 15) is 0 Å². The highest BCUT2D eigenvalue weighted by Crippen LogP contribution is 2.26. The van der Waals surface area contributed by atoms with E-state index in [1.54, 1.807) is 6.07 Å². The van der Waals surface area contributed by atoms with Crippen LogP contribution in [0.2, 0.25) is 10.0 Å². The van der Waals surface area contributed by atoms with Gasteiger partial charge in [0.2, 0.25) is 0 Å². The monoisotopic (exact) mass is 307 g/mol. The predicted molar refractivity (Wildman–Crippen MR) is 87.6 cm³/mol. The summed E-state index contributed by atoms with van der Waals surface area (Å²) in [5, 5.41) is 1.11. The van der Waals surface area contributed by atoms with Gasteiger partial charge in [-0.25, -0.2) is 0 Å². The van der Waals surface area contributed by atoms with Crippen molar-refractivity contribution < 1.29 is 0 Å². The van der Waals surface area contributed by atoms with Gasteiger partial charge in [0.05, 0.1) is 10.0 Å². The Kier molecular flexibility index (Phi) is 5.09. The second-order valence-corrected chi connectivity index (χ2v) is 6.19. The van der Waals surface area contributed by atoms with Crippen LogP contribution in [0.5, 0.6) is 0 Å². The van der Waals surface area contributed by atoms with Crippen molar-refractivity contribution in [1.82, 2.24) is 0 Å². The molecule has 106 valence electrons. The summed E-state index contributed by atoms with van der Waals surface area (Å²) in [4.78, 5) is 0. The van der Waals surface area contributed by atoms with Gasteiger partial charge in [-0.15, -0.1) is 0 Å². The molecule has 0 radical (unpaired) electrons. The molecule has 2 rings (SSSR count). The standard InChI is InChI=1S/C17H19Cl2N/c1-11(2)13-5-3-12(4-6-13)9-17(20)14-7-8-15(18)16(19)10-14/h3-8,10-11,17H,9,20H2,1-2H3. The maximum Gasteiger partial charge on any atom is 0.0595 e. The van der Waals surface area contributed by atoms with Crippen molar-refractivity contribution >= 4 is 23.2 Å². The molecule has 0 fully saturated rings. The van der Waals surface area contributed by atoms with Gasteiger partial charge >= 0.3 is 0 Å². The molecule has 0 aliphatic rings. The van der Waals surface area contributed by atoms with Crippen LogP contribution in [-0.4, -0.2) is 0 Å². The SMILES string of the molecule is CC(C)c1ccc(CC(N)c2ccc(Cl)c(Cl)c2)cc1. The molecule has 1 unspecified atom stereocenters. The third kappa shape index (κ3) is 3.76. The van der Waals surface area contributed by atoms with E-state index >= 15 is 0 Å². The molecule has 0 aliphatic heterocycles. The fraction of sp³-hybridized carbons (Fsp3) is 0.294. The molecule has 0 heterocycles. The average molecular weight is 308 g/mol. The Hall–Kier alpha value is -1.02. The average Bonchev–Trinajstić information content (AvgIpc) is 2.42. The predicted octanol–water partition coefficient (Wildman–Crippen LogP) is 5.36. The summed E-state index contributed by atoms with van der Waals surface area (Å²) in [5.74, 6) is 0.549. The zero-order valence-corrected chi connectivity index (χ0v) is 13.2. The van der Waals surface area contributed by atoms with Gasteiger partial charge in [-0.05, 0) is 41.2 Å². The van der Waals surface area contributed by atoms with E-state index in [1.807, 2.05) is 12.1 Å². The summed E-state index contributed by atoms with van der Waals surface area (Å²) in [7, 11) is 0. The largest absolute Gasteiger partial charge is 0.324 e. The van der Waals surface area contributed by atoms with E-state index in [4.69, 9.17) is 28.9 Å². The number of rotatable bonds is 4. The highest BCUT2D eigenvalue weighted by molar-refractivity contribution is 6.42. The molecular weight excluding hydrogens is 289 g/mol. The van der Waals surface area contributed by atoms with E-state index in [-0.39, 0.29) is 6.04 Å². The molecule has 0 amide bonds. The number of halogens is 2. The smallest absolute Gasteiger partial charge is 0.0595 e. The first-order chi connectivity index (χ1) is 9.47. The Morgan fingerprint density at radius 3 is 2.05 bits per heavy atom. The van der Waals surface area contributed by atoms with Crippen molar-refractivity contribution in [1.29, 1.82) is 0 Å². The number of hydrogen-bond donors (Lipinski definition) is 1. The minimum absolute atomic E-state index is 0.0744. The lowest BCUT2D eigenvalue weighted by Crippen LogP contribution is -2.13. The summed E-state index contributed by atoms with van der Waals surface area (Å²) in [6.45, 7) is 4.38. The van der Waals surface area contributed by atoms with Gasteiger partial charge in [-0.2, -0.15) is 0 Å². The van der Waals surface area contributed by atoms with Gasteiger partial charge in [0.1, 0.15) is 0 Å². The van der Waals surface area contributed by atoms with Crippen LogP contribution in [0.4, 0.5) is 0 Å². The highest BCUT2D eigenvalue weighted by atomic mass is 35.5. The zero-order chi connectivity index (χ0) is 14.7. The number of hydrogen-bond acceptors (Lipinski definition) is 1. The van der Waals surface area contributed by atoms with Gasteiger partial charge in [-0.3, -0.25) is 0 Å². The molecular formula is C17H19Cl2N. The fourth-order valence-corrected chi connectivity index (χ4v) is 2.46. The maximum absolute atomic E-state index is 6.24. The lowest BCUT2D eigenvalue weighted by atomic mass is 9.96. The maximum atomic E-state index is 6.24. The minimum atomic E-state index is -0.0744. The summed E-state index contributed by atoms with van der Waals surface area (Å²) in [6.07, 6.45) is 0.788. The summed E-state index contributed by atoms with van der Waals surface area (Å²) in [6, 6.07) is 14.1. The molecule has 0 aliphatic carbocycles. The highest BCUT2D eigenvalue weighted by Gasteiger charge is 2.09. The minimum Gasteiger partial charge on any atom is -0.324 e. The van der Waals surface area contributed by atoms with E-state index in [0.29, 0.717) is 16.0 Å². The molecule has 0 bridgehead atoms. The molecule has 0 saturated heterocycles. The van der Waals surface area contributed by atoms with Crippen LogP contribution in [-0.2, 0) is 6.42 Å². The second kappa shape index (κ2) is 6.62. The first-order valence-corrected chi connectivity index (χ1v) is 7.52. The molecule has 2 N–H and O–H groups in total. The molecule has 2 aromatic rings. The summed E-state index contributed by atoms with van der Waals surface area (Å²) in [5.41, 5.74) is 9.82. The molecule has 0 saturated carbocycles. The fourth-order valence-electron chi connectivity index (χ4n) is 2.15. The van der Waals surface area contributed by atoms with Crippen molar-refractivity contribution in [2.24, 2.45) is 5.73 Å². The first kappa shape index (κ1) is 15.4. The quantitative estimate of drug-likeness (QED) is 0.808. The lowest BCUT2D eigenvalue weighted by molar-refractivity contribution is 0.721. The molecule has 1 nitrogen and oxygen atoms in total.